The minimum Gasteiger partial charge on any atom is -0.384 e. The van der Waals surface area contributed by atoms with Crippen molar-refractivity contribution in [2.75, 3.05) is 0 Å². The molecule has 1 aliphatic heterocycles. The normalized spacial score (nSPS) is 20.2. The molecular formula is C19H18Cl2FN3O. The number of rotatable bonds is 2. The first-order chi connectivity index (χ1) is 12.2. The molecule has 4 nitrogen and oxygen atoms in total. The van der Waals surface area contributed by atoms with E-state index in [-0.39, 0.29) is 11.0 Å². The van der Waals surface area contributed by atoms with Gasteiger partial charge in [-0.1, -0.05) is 38.3 Å². The molecule has 0 spiro atoms. The Bertz CT molecular complexity index is 937. The van der Waals surface area contributed by atoms with Crippen molar-refractivity contribution in [1.82, 2.24) is 9.97 Å². The monoisotopic (exact) mass is 393 g/mol. The number of fused-ring (bicyclic) bond motifs is 1. The minimum absolute atomic E-state index is 0.0433. The van der Waals surface area contributed by atoms with Crippen molar-refractivity contribution < 1.29 is 9.50 Å². The van der Waals surface area contributed by atoms with Crippen LogP contribution in [0.3, 0.4) is 0 Å². The summed E-state index contributed by atoms with van der Waals surface area (Å²) in [5.41, 5.74) is 0.967. The van der Waals surface area contributed by atoms with Gasteiger partial charge in [-0.3, -0.25) is 4.99 Å². The molecule has 0 bridgehead atoms. The van der Waals surface area contributed by atoms with E-state index in [0.717, 1.165) is 12.8 Å². The summed E-state index contributed by atoms with van der Waals surface area (Å²) >= 11 is 12.1. The lowest BCUT2D eigenvalue weighted by Crippen LogP contribution is -2.44. The molecule has 136 valence electrons. The molecule has 1 aromatic carbocycles. The van der Waals surface area contributed by atoms with E-state index in [1.54, 1.807) is 0 Å². The zero-order valence-corrected chi connectivity index (χ0v) is 16.0. The van der Waals surface area contributed by atoms with Crippen molar-refractivity contribution in [3.05, 3.63) is 40.0 Å². The second kappa shape index (κ2) is 5.98. The topological polar surface area (TPSA) is 58.4 Å². The SMILES string of the molecule is CC1(C)C(C2(O)CCCC2)=Nc2c(F)cc(-c3nc(Cl)ncc3Cl)cc21. The summed E-state index contributed by atoms with van der Waals surface area (Å²) in [6.07, 6.45) is 4.61. The van der Waals surface area contributed by atoms with Gasteiger partial charge in [0.2, 0.25) is 5.28 Å². The Morgan fingerprint density at radius 3 is 2.54 bits per heavy atom. The summed E-state index contributed by atoms with van der Waals surface area (Å²) in [5, 5.41) is 11.4. The Morgan fingerprint density at radius 1 is 1.15 bits per heavy atom. The van der Waals surface area contributed by atoms with E-state index in [9.17, 15) is 9.50 Å². The maximum atomic E-state index is 14.9. The molecule has 7 heteroatoms. The Hall–Kier alpha value is -1.56. The fourth-order valence-corrected chi connectivity index (χ4v) is 4.47. The lowest BCUT2D eigenvalue weighted by molar-refractivity contribution is 0.114. The van der Waals surface area contributed by atoms with E-state index in [0.29, 0.717) is 40.4 Å². The molecule has 0 atom stereocenters. The zero-order valence-electron chi connectivity index (χ0n) is 14.5. The Morgan fingerprint density at radius 2 is 1.85 bits per heavy atom. The first-order valence-corrected chi connectivity index (χ1v) is 9.32. The predicted octanol–water partition coefficient (Wildman–Crippen LogP) is 5.26. The van der Waals surface area contributed by atoms with Gasteiger partial charge in [-0.15, -0.1) is 0 Å². The molecule has 2 heterocycles. The highest BCUT2D eigenvalue weighted by Crippen LogP contribution is 2.49. The lowest BCUT2D eigenvalue weighted by Gasteiger charge is -2.32. The van der Waals surface area contributed by atoms with Crippen molar-refractivity contribution in [2.45, 2.75) is 50.5 Å². The molecule has 1 N–H and O–H groups in total. The molecule has 1 saturated carbocycles. The summed E-state index contributed by atoms with van der Waals surface area (Å²) in [7, 11) is 0. The van der Waals surface area contributed by atoms with Crippen LogP contribution in [0.25, 0.3) is 11.3 Å². The summed E-state index contributed by atoms with van der Waals surface area (Å²) in [5.74, 6) is -0.465. The Kier molecular flexibility index (Phi) is 4.10. The smallest absolute Gasteiger partial charge is 0.222 e. The van der Waals surface area contributed by atoms with Crippen molar-refractivity contribution in [2.24, 2.45) is 4.99 Å². The van der Waals surface area contributed by atoms with Crippen LogP contribution in [-0.4, -0.2) is 26.4 Å². The summed E-state index contributed by atoms with van der Waals surface area (Å²) in [6.45, 7) is 3.93. The molecule has 0 amide bonds. The van der Waals surface area contributed by atoms with Gasteiger partial charge >= 0.3 is 0 Å². The maximum absolute atomic E-state index is 14.9. The van der Waals surface area contributed by atoms with Crippen LogP contribution < -0.4 is 0 Å². The van der Waals surface area contributed by atoms with Crippen molar-refractivity contribution in [3.63, 3.8) is 0 Å². The molecule has 2 aromatic rings. The number of halogens is 3. The molecule has 0 saturated heterocycles. The maximum Gasteiger partial charge on any atom is 0.222 e. The van der Waals surface area contributed by atoms with Crippen LogP contribution in [0.4, 0.5) is 10.1 Å². The number of hydrogen-bond acceptors (Lipinski definition) is 4. The van der Waals surface area contributed by atoms with Crippen molar-refractivity contribution >= 4 is 34.6 Å². The second-order valence-corrected chi connectivity index (χ2v) is 8.26. The molecule has 1 fully saturated rings. The molecule has 1 aliphatic carbocycles. The second-order valence-electron chi connectivity index (χ2n) is 7.51. The number of benzene rings is 1. The van der Waals surface area contributed by atoms with Gasteiger partial charge in [0.15, 0.2) is 0 Å². The van der Waals surface area contributed by atoms with Gasteiger partial charge in [0.25, 0.3) is 0 Å². The Labute approximate surface area is 161 Å². The highest BCUT2D eigenvalue weighted by molar-refractivity contribution is 6.33. The van der Waals surface area contributed by atoms with Gasteiger partial charge in [0, 0.05) is 11.0 Å². The number of aliphatic imine (C=N–C) groups is 1. The highest BCUT2D eigenvalue weighted by Gasteiger charge is 2.48. The third kappa shape index (κ3) is 2.65. The Balaban J connectivity index is 1.86. The highest BCUT2D eigenvalue weighted by atomic mass is 35.5. The largest absolute Gasteiger partial charge is 0.384 e. The number of aliphatic hydroxyl groups is 1. The molecule has 4 rings (SSSR count). The molecule has 0 unspecified atom stereocenters. The van der Waals surface area contributed by atoms with Crippen LogP contribution in [0.2, 0.25) is 10.3 Å². The first-order valence-electron chi connectivity index (χ1n) is 8.57. The molecule has 2 aliphatic rings. The number of hydrogen-bond donors (Lipinski definition) is 1. The summed E-state index contributed by atoms with van der Waals surface area (Å²) in [4.78, 5) is 12.5. The minimum atomic E-state index is -0.967. The van der Waals surface area contributed by atoms with Crippen molar-refractivity contribution in [3.8, 4) is 11.3 Å². The average Bonchev–Trinajstić information content (AvgIpc) is 3.13. The van der Waals surface area contributed by atoms with Crippen molar-refractivity contribution in [1.29, 1.82) is 0 Å². The van der Waals surface area contributed by atoms with Gasteiger partial charge in [-0.2, -0.15) is 0 Å². The number of nitrogens with zero attached hydrogens (tertiary/aromatic N) is 3. The van der Waals surface area contributed by atoms with Gasteiger partial charge < -0.3 is 5.11 Å². The third-order valence-corrected chi connectivity index (χ3v) is 5.87. The van der Waals surface area contributed by atoms with E-state index < -0.39 is 16.8 Å². The van der Waals surface area contributed by atoms with Gasteiger partial charge in [0.1, 0.15) is 17.1 Å². The predicted molar refractivity (Wildman–Crippen MR) is 101 cm³/mol. The van der Waals surface area contributed by atoms with E-state index in [4.69, 9.17) is 23.2 Å². The van der Waals surface area contributed by atoms with Crippen LogP contribution >= 0.6 is 23.2 Å². The van der Waals surface area contributed by atoms with Crippen LogP contribution in [0.5, 0.6) is 0 Å². The van der Waals surface area contributed by atoms with E-state index in [1.807, 2.05) is 19.9 Å². The van der Waals surface area contributed by atoms with E-state index >= 15 is 0 Å². The fraction of sp³-hybridized carbons (Fsp3) is 0.421. The van der Waals surface area contributed by atoms with Crippen LogP contribution in [0, 0.1) is 5.82 Å². The third-order valence-electron chi connectivity index (χ3n) is 5.41. The number of aromatic nitrogens is 2. The summed E-state index contributed by atoms with van der Waals surface area (Å²) in [6, 6.07) is 3.18. The average molecular weight is 394 g/mol. The molecular weight excluding hydrogens is 376 g/mol. The molecule has 1 aromatic heterocycles. The standard InChI is InChI=1S/C19H18Cl2FN3O/c1-18(2)11-7-10(14-12(20)9-23-17(21)25-14)8-13(22)15(11)24-16(18)19(26)5-3-4-6-19/h7-9,26H,3-6H2,1-2H3. The molecule has 0 radical (unpaired) electrons. The van der Waals surface area contributed by atoms with E-state index in [1.165, 1.54) is 12.3 Å². The summed E-state index contributed by atoms with van der Waals surface area (Å²) < 4.78 is 14.9. The lowest BCUT2D eigenvalue weighted by atomic mass is 9.73. The van der Waals surface area contributed by atoms with Gasteiger partial charge in [-0.25, -0.2) is 14.4 Å². The first kappa shape index (κ1) is 17.8. The zero-order chi connectivity index (χ0) is 18.7. The van der Waals surface area contributed by atoms with Crippen LogP contribution in [-0.2, 0) is 5.41 Å². The molecule has 26 heavy (non-hydrogen) atoms. The quantitative estimate of drug-likeness (QED) is 0.707. The van der Waals surface area contributed by atoms with Crippen LogP contribution in [0.1, 0.15) is 45.1 Å². The van der Waals surface area contributed by atoms with E-state index in [2.05, 4.69) is 15.0 Å². The van der Waals surface area contributed by atoms with Gasteiger partial charge in [0.05, 0.1) is 22.6 Å². The fourth-order valence-electron chi connectivity index (χ4n) is 4.14. The van der Waals surface area contributed by atoms with Gasteiger partial charge in [-0.05, 0) is 42.1 Å². The van der Waals surface area contributed by atoms with Crippen LogP contribution in [0.15, 0.2) is 23.3 Å².